The number of hydrazine groups is 1. The SMILES string of the molecule is CCc1cc(C(=O)NCC(C)(C)C(=O)NC)cc(NN)n1. The van der Waals surface area contributed by atoms with Crippen LogP contribution in [0.4, 0.5) is 5.82 Å². The number of nitrogen functional groups attached to an aromatic ring is 1. The molecule has 0 aliphatic heterocycles. The lowest BCUT2D eigenvalue weighted by molar-refractivity contribution is -0.128. The minimum atomic E-state index is -0.681. The minimum absolute atomic E-state index is 0.129. The van der Waals surface area contributed by atoms with Crippen LogP contribution in [0.3, 0.4) is 0 Å². The minimum Gasteiger partial charge on any atom is -0.359 e. The first kappa shape index (κ1) is 16.9. The van der Waals surface area contributed by atoms with Crippen molar-refractivity contribution in [2.24, 2.45) is 11.3 Å². The zero-order chi connectivity index (χ0) is 16.0. The van der Waals surface area contributed by atoms with Crippen LogP contribution in [0.5, 0.6) is 0 Å². The highest BCUT2D eigenvalue weighted by molar-refractivity contribution is 5.95. The molecule has 7 nitrogen and oxygen atoms in total. The fourth-order valence-electron chi connectivity index (χ4n) is 1.80. The first-order chi connectivity index (χ1) is 9.83. The average molecular weight is 293 g/mol. The van der Waals surface area contributed by atoms with Crippen LogP contribution in [0.2, 0.25) is 0 Å². The molecule has 5 N–H and O–H groups in total. The number of nitrogens with one attached hydrogen (secondary N) is 3. The van der Waals surface area contributed by atoms with Crippen LogP contribution in [-0.4, -0.2) is 30.4 Å². The van der Waals surface area contributed by atoms with Crippen LogP contribution in [-0.2, 0) is 11.2 Å². The lowest BCUT2D eigenvalue weighted by Gasteiger charge is -2.22. The number of pyridine rings is 1. The van der Waals surface area contributed by atoms with E-state index in [-0.39, 0.29) is 18.4 Å². The molecule has 0 unspecified atom stereocenters. The van der Waals surface area contributed by atoms with Gasteiger partial charge in [-0.1, -0.05) is 6.92 Å². The van der Waals surface area contributed by atoms with Crippen molar-refractivity contribution in [2.75, 3.05) is 19.0 Å². The summed E-state index contributed by atoms with van der Waals surface area (Å²) in [5.74, 6) is 5.39. The molecule has 1 aromatic heterocycles. The second-order valence-corrected chi connectivity index (χ2v) is 5.38. The molecule has 0 spiro atoms. The molecular formula is C14H23N5O2. The maximum atomic E-state index is 12.2. The van der Waals surface area contributed by atoms with Crippen molar-refractivity contribution < 1.29 is 9.59 Å². The number of carbonyl (C=O) groups is 2. The molecule has 0 aliphatic carbocycles. The maximum absolute atomic E-state index is 12.2. The number of hydrogen-bond acceptors (Lipinski definition) is 5. The molecule has 0 aromatic carbocycles. The largest absolute Gasteiger partial charge is 0.359 e. The molecule has 7 heteroatoms. The summed E-state index contributed by atoms with van der Waals surface area (Å²) in [4.78, 5) is 28.1. The number of amides is 2. The van der Waals surface area contributed by atoms with Gasteiger partial charge in [-0.15, -0.1) is 0 Å². The zero-order valence-corrected chi connectivity index (χ0v) is 12.9. The number of nitrogens with zero attached hydrogens (tertiary/aromatic N) is 1. The van der Waals surface area contributed by atoms with Gasteiger partial charge in [-0.3, -0.25) is 9.59 Å². The van der Waals surface area contributed by atoms with Crippen LogP contribution in [0.1, 0.15) is 36.8 Å². The Balaban J connectivity index is 2.83. The fraction of sp³-hybridized carbons (Fsp3) is 0.500. The Morgan fingerprint density at radius 2 is 2.00 bits per heavy atom. The van der Waals surface area contributed by atoms with E-state index in [1.807, 2.05) is 6.92 Å². The Morgan fingerprint density at radius 1 is 1.33 bits per heavy atom. The van der Waals surface area contributed by atoms with Gasteiger partial charge in [0, 0.05) is 24.8 Å². The summed E-state index contributed by atoms with van der Waals surface area (Å²) in [6, 6.07) is 3.28. The van der Waals surface area contributed by atoms with Crippen LogP contribution < -0.4 is 21.9 Å². The standard InChI is InChI=1S/C14H23N5O2/c1-5-10-6-9(7-11(18-10)19-15)12(20)17-8-14(2,3)13(21)16-4/h6-7H,5,8,15H2,1-4H3,(H,16,21)(H,17,20)(H,18,19). The molecule has 1 rings (SSSR count). The molecule has 0 aliphatic rings. The Hall–Kier alpha value is -2.15. The molecule has 2 amide bonds. The molecule has 0 saturated heterocycles. The van der Waals surface area contributed by atoms with Gasteiger partial charge >= 0.3 is 0 Å². The van der Waals surface area contributed by atoms with Crippen molar-refractivity contribution in [2.45, 2.75) is 27.2 Å². The lowest BCUT2D eigenvalue weighted by Crippen LogP contribution is -2.43. The topological polar surface area (TPSA) is 109 Å². The fourth-order valence-corrected chi connectivity index (χ4v) is 1.80. The number of nitrogens with two attached hydrogens (primary N) is 1. The van der Waals surface area contributed by atoms with E-state index < -0.39 is 5.41 Å². The van der Waals surface area contributed by atoms with Gasteiger partial charge < -0.3 is 16.1 Å². The second-order valence-electron chi connectivity index (χ2n) is 5.38. The Kier molecular flexibility index (Phi) is 5.66. The quantitative estimate of drug-likeness (QED) is 0.449. The van der Waals surface area contributed by atoms with E-state index in [1.54, 1.807) is 33.0 Å². The van der Waals surface area contributed by atoms with Crippen molar-refractivity contribution in [1.29, 1.82) is 0 Å². The number of aryl methyl sites for hydroxylation is 1. The molecule has 1 heterocycles. The predicted molar refractivity (Wildman–Crippen MR) is 81.6 cm³/mol. The predicted octanol–water partition coefficient (Wildman–Crippen LogP) is 0.432. The van der Waals surface area contributed by atoms with E-state index in [0.29, 0.717) is 17.8 Å². The van der Waals surface area contributed by atoms with E-state index in [9.17, 15) is 9.59 Å². The number of aromatic nitrogens is 1. The smallest absolute Gasteiger partial charge is 0.251 e. The Labute approximate surface area is 124 Å². The summed E-state index contributed by atoms with van der Waals surface area (Å²) >= 11 is 0. The molecule has 1 aromatic rings. The van der Waals surface area contributed by atoms with Crippen molar-refractivity contribution >= 4 is 17.6 Å². The van der Waals surface area contributed by atoms with E-state index >= 15 is 0 Å². The van der Waals surface area contributed by atoms with Gasteiger partial charge in [-0.25, -0.2) is 10.8 Å². The van der Waals surface area contributed by atoms with Gasteiger partial charge in [0.1, 0.15) is 5.82 Å². The number of carbonyl (C=O) groups excluding carboxylic acids is 2. The maximum Gasteiger partial charge on any atom is 0.251 e. The number of rotatable bonds is 6. The summed E-state index contributed by atoms with van der Waals surface area (Å²) in [5.41, 5.74) is 2.99. The van der Waals surface area contributed by atoms with Gasteiger partial charge in [0.25, 0.3) is 5.91 Å². The third kappa shape index (κ3) is 4.42. The number of hydrogen-bond donors (Lipinski definition) is 4. The van der Waals surface area contributed by atoms with E-state index in [2.05, 4.69) is 21.0 Å². The summed E-state index contributed by atoms with van der Waals surface area (Å²) in [7, 11) is 1.57. The lowest BCUT2D eigenvalue weighted by atomic mass is 9.92. The van der Waals surface area contributed by atoms with E-state index in [1.165, 1.54) is 0 Å². The Morgan fingerprint density at radius 3 is 2.52 bits per heavy atom. The highest BCUT2D eigenvalue weighted by Gasteiger charge is 2.27. The van der Waals surface area contributed by atoms with Gasteiger partial charge in [0.05, 0.1) is 5.41 Å². The summed E-state index contributed by atoms with van der Waals surface area (Å²) < 4.78 is 0. The van der Waals surface area contributed by atoms with E-state index in [4.69, 9.17) is 5.84 Å². The van der Waals surface area contributed by atoms with Crippen molar-refractivity contribution in [3.63, 3.8) is 0 Å². The third-order valence-corrected chi connectivity index (χ3v) is 3.18. The van der Waals surface area contributed by atoms with Gasteiger partial charge in [-0.05, 0) is 32.4 Å². The first-order valence-corrected chi connectivity index (χ1v) is 6.82. The molecule has 0 saturated carbocycles. The summed E-state index contributed by atoms with van der Waals surface area (Å²) in [6.45, 7) is 5.71. The molecule has 21 heavy (non-hydrogen) atoms. The zero-order valence-electron chi connectivity index (χ0n) is 12.9. The average Bonchev–Trinajstić information content (AvgIpc) is 2.50. The third-order valence-electron chi connectivity index (χ3n) is 3.18. The normalized spacial score (nSPS) is 10.9. The molecule has 116 valence electrons. The molecular weight excluding hydrogens is 270 g/mol. The van der Waals surface area contributed by atoms with Crippen molar-refractivity contribution in [3.05, 3.63) is 23.4 Å². The van der Waals surface area contributed by atoms with Crippen LogP contribution in [0.25, 0.3) is 0 Å². The van der Waals surface area contributed by atoms with Gasteiger partial charge in [0.2, 0.25) is 5.91 Å². The second kappa shape index (κ2) is 7.03. The van der Waals surface area contributed by atoms with Gasteiger partial charge in [0.15, 0.2) is 0 Å². The molecule has 0 fully saturated rings. The first-order valence-electron chi connectivity index (χ1n) is 6.82. The highest BCUT2D eigenvalue weighted by atomic mass is 16.2. The van der Waals surface area contributed by atoms with Crippen LogP contribution in [0, 0.1) is 5.41 Å². The number of anilines is 1. The van der Waals surface area contributed by atoms with Crippen LogP contribution >= 0.6 is 0 Å². The highest BCUT2D eigenvalue weighted by Crippen LogP contribution is 2.15. The van der Waals surface area contributed by atoms with Crippen molar-refractivity contribution in [1.82, 2.24) is 15.6 Å². The summed E-state index contributed by atoms with van der Waals surface area (Å²) in [6.07, 6.45) is 0.694. The van der Waals surface area contributed by atoms with Crippen LogP contribution in [0.15, 0.2) is 12.1 Å². The Bertz CT molecular complexity index is 506. The molecule has 0 bridgehead atoms. The van der Waals surface area contributed by atoms with Gasteiger partial charge in [-0.2, -0.15) is 0 Å². The monoisotopic (exact) mass is 293 g/mol. The molecule has 0 atom stereocenters. The summed E-state index contributed by atoms with van der Waals surface area (Å²) in [5, 5.41) is 5.34. The van der Waals surface area contributed by atoms with Crippen molar-refractivity contribution in [3.8, 4) is 0 Å². The van der Waals surface area contributed by atoms with E-state index in [0.717, 1.165) is 5.69 Å². The molecule has 0 radical (unpaired) electrons.